The first-order valence-corrected chi connectivity index (χ1v) is 7.02. The number of hydrogen-bond acceptors (Lipinski definition) is 3. The van der Waals surface area contributed by atoms with Gasteiger partial charge in [0.15, 0.2) is 0 Å². The van der Waals surface area contributed by atoms with Crippen LogP contribution in [0.3, 0.4) is 0 Å². The van der Waals surface area contributed by atoms with Crippen LogP contribution in [-0.2, 0) is 10.0 Å². The maximum atomic E-state index is 11.8. The Balaban J connectivity index is 4.40. The van der Waals surface area contributed by atoms with Crippen molar-refractivity contribution in [1.29, 1.82) is 0 Å². The third-order valence-electron chi connectivity index (χ3n) is 2.87. The molecule has 92 valence electrons. The van der Waals surface area contributed by atoms with Gasteiger partial charge in [-0.2, -0.15) is 0 Å². The molecule has 0 amide bonds. The molecule has 15 heavy (non-hydrogen) atoms. The van der Waals surface area contributed by atoms with Gasteiger partial charge in [-0.05, 0) is 18.3 Å². The van der Waals surface area contributed by atoms with Gasteiger partial charge in [-0.25, -0.2) is 13.1 Å². The lowest BCUT2D eigenvalue weighted by Gasteiger charge is -2.24. The molecule has 3 N–H and O–H groups in total. The van der Waals surface area contributed by atoms with Crippen molar-refractivity contribution >= 4 is 10.0 Å². The van der Waals surface area contributed by atoms with Crippen LogP contribution in [0.1, 0.15) is 40.5 Å². The second-order valence-corrected chi connectivity index (χ2v) is 6.70. The Morgan fingerprint density at radius 2 is 1.87 bits per heavy atom. The molecule has 0 aromatic rings. The van der Waals surface area contributed by atoms with E-state index in [1.54, 1.807) is 0 Å². The van der Waals surface area contributed by atoms with Gasteiger partial charge in [0.25, 0.3) is 0 Å². The van der Waals surface area contributed by atoms with Crippen LogP contribution >= 0.6 is 0 Å². The van der Waals surface area contributed by atoms with Crippen molar-refractivity contribution < 1.29 is 8.42 Å². The molecule has 4 nitrogen and oxygen atoms in total. The summed E-state index contributed by atoms with van der Waals surface area (Å²) in [5.74, 6) is 0. The number of nitrogens with two attached hydrogens (primary N) is 1. The highest BCUT2D eigenvalue weighted by Gasteiger charge is 2.25. The molecule has 0 aliphatic rings. The van der Waals surface area contributed by atoms with Crippen molar-refractivity contribution in [2.75, 3.05) is 13.1 Å². The van der Waals surface area contributed by atoms with Crippen LogP contribution in [0.4, 0.5) is 0 Å². The minimum Gasteiger partial charge on any atom is -0.329 e. The molecule has 5 heteroatoms. The Hall–Kier alpha value is -0.130. The SMILES string of the molecule is CCC(CN)S(=O)(=O)NCC(C)(C)CC. The molecule has 0 rings (SSSR count). The highest BCUT2D eigenvalue weighted by atomic mass is 32.2. The monoisotopic (exact) mass is 236 g/mol. The van der Waals surface area contributed by atoms with Crippen molar-refractivity contribution in [2.45, 2.75) is 45.8 Å². The first kappa shape index (κ1) is 14.9. The van der Waals surface area contributed by atoms with Crippen molar-refractivity contribution in [3.8, 4) is 0 Å². The molecule has 0 aromatic heterocycles. The highest BCUT2D eigenvalue weighted by Crippen LogP contribution is 2.18. The number of hydrogen-bond donors (Lipinski definition) is 2. The summed E-state index contributed by atoms with van der Waals surface area (Å²) in [5, 5.41) is -0.467. The summed E-state index contributed by atoms with van der Waals surface area (Å²) < 4.78 is 26.2. The molecule has 1 atom stereocenters. The smallest absolute Gasteiger partial charge is 0.215 e. The quantitative estimate of drug-likeness (QED) is 0.695. The van der Waals surface area contributed by atoms with Gasteiger partial charge in [-0.3, -0.25) is 0 Å². The van der Waals surface area contributed by atoms with Crippen molar-refractivity contribution in [3.63, 3.8) is 0 Å². The minimum atomic E-state index is -3.24. The molecule has 0 fully saturated rings. The number of sulfonamides is 1. The van der Waals surface area contributed by atoms with E-state index < -0.39 is 15.3 Å². The van der Waals surface area contributed by atoms with Crippen LogP contribution in [-0.4, -0.2) is 26.8 Å². The molecular formula is C10H24N2O2S. The third-order valence-corrected chi connectivity index (χ3v) is 4.82. The summed E-state index contributed by atoms with van der Waals surface area (Å²) in [4.78, 5) is 0. The predicted molar refractivity (Wildman–Crippen MR) is 64.1 cm³/mol. The molecule has 0 heterocycles. The van der Waals surface area contributed by atoms with Gasteiger partial charge in [0, 0.05) is 13.1 Å². The van der Waals surface area contributed by atoms with E-state index in [0.29, 0.717) is 13.0 Å². The van der Waals surface area contributed by atoms with E-state index >= 15 is 0 Å². The Labute approximate surface area is 93.7 Å². The Bertz CT molecular complexity index is 269. The van der Waals surface area contributed by atoms with Crippen LogP contribution < -0.4 is 10.5 Å². The van der Waals surface area contributed by atoms with Crippen molar-refractivity contribution in [2.24, 2.45) is 11.1 Å². The van der Waals surface area contributed by atoms with Crippen LogP contribution in [0.25, 0.3) is 0 Å². The van der Waals surface area contributed by atoms with Crippen molar-refractivity contribution in [1.82, 2.24) is 4.72 Å². The molecule has 1 unspecified atom stereocenters. The summed E-state index contributed by atoms with van der Waals surface area (Å²) in [6, 6.07) is 0. The van der Waals surface area contributed by atoms with Gasteiger partial charge in [-0.1, -0.05) is 27.7 Å². The maximum absolute atomic E-state index is 11.8. The van der Waals surface area contributed by atoms with Gasteiger partial charge in [-0.15, -0.1) is 0 Å². The van der Waals surface area contributed by atoms with Crippen LogP contribution in [0.5, 0.6) is 0 Å². The van der Waals surface area contributed by atoms with Crippen LogP contribution in [0.2, 0.25) is 0 Å². The minimum absolute atomic E-state index is 0.0000397. The predicted octanol–water partition coefficient (Wildman–Crippen LogP) is 1.08. The summed E-state index contributed by atoms with van der Waals surface area (Å²) in [6.07, 6.45) is 1.49. The van der Waals surface area contributed by atoms with Crippen LogP contribution in [0, 0.1) is 5.41 Å². The lowest BCUT2D eigenvalue weighted by Crippen LogP contribution is -2.42. The Kier molecular flexibility index (Phi) is 5.77. The fourth-order valence-electron chi connectivity index (χ4n) is 1.05. The fourth-order valence-corrected chi connectivity index (χ4v) is 2.57. The van der Waals surface area contributed by atoms with E-state index in [1.807, 2.05) is 20.8 Å². The maximum Gasteiger partial charge on any atom is 0.215 e. The topological polar surface area (TPSA) is 72.2 Å². The van der Waals surface area contributed by atoms with Crippen molar-refractivity contribution in [3.05, 3.63) is 0 Å². The standard InChI is InChI=1S/C10H24N2O2S/c1-5-9(7-11)15(13,14)12-8-10(3,4)6-2/h9,12H,5-8,11H2,1-4H3. The first-order valence-electron chi connectivity index (χ1n) is 5.47. The summed E-state index contributed by atoms with van der Waals surface area (Å²) >= 11 is 0. The normalized spacial score (nSPS) is 15.3. The lowest BCUT2D eigenvalue weighted by atomic mass is 9.91. The average Bonchev–Trinajstić information content (AvgIpc) is 2.17. The molecular weight excluding hydrogens is 212 g/mol. The van der Waals surface area contributed by atoms with E-state index in [0.717, 1.165) is 6.42 Å². The van der Waals surface area contributed by atoms with E-state index in [-0.39, 0.29) is 12.0 Å². The average molecular weight is 236 g/mol. The number of rotatable bonds is 7. The Morgan fingerprint density at radius 3 is 2.20 bits per heavy atom. The van der Waals surface area contributed by atoms with E-state index in [4.69, 9.17) is 5.73 Å². The summed E-state index contributed by atoms with van der Waals surface area (Å²) in [7, 11) is -3.24. The van der Waals surface area contributed by atoms with Gasteiger partial charge < -0.3 is 5.73 Å². The molecule has 0 spiro atoms. The zero-order valence-corrected chi connectivity index (χ0v) is 11.0. The summed E-state index contributed by atoms with van der Waals surface area (Å²) in [6.45, 7) is 8.62. The highest BCUT2D eigenvalue weighted by molar-refractivity contribution is 7.90. The summed E-state index contributed by atoms with van der Waals surface area (Å²) in [5.41, 5.74) is 5.42. The lowest BCUT2D eigenvalue weighted by molar-refractivity contribution is 0.349. The van der Waals surface area contributed by atoms with Gasteiger partial charge in [0.2, 0.25) is 10.0 Å². The molecule has 0 aromatic carbocycles. The van der Waals surface area contributed by atoms with E-state index in [2.05, 4.69) is 11.6 Å². The molecule has 0 radical (unpaired) electrons. The largest absolute Gasteiger partial charge is 0.329 e. The van der Waals surface area contributed by atoms with Crippen LogP contribution in [0.15, 0.2) is 0 Å². The second-order valence-electron chi connectivity index (χ2n) is 4.65. The van der Waals surface area contributed by atoms with Gasteiger partial charge >= 0.3 is 0 Å². The molecule has 0 bridgehead atoms. The Morgan fingerprint density at radius 1 is 1.33 bits per heavy atom. The molecule has 0 aliphatic heterocycles. The molecule has 0 aliphatic carbocycles. The van der Waals surface area contributed by atoms with E-state index in [9.17, 15) is 8.42 Å². The number of nitrogens with one attached hydrogen (secondary N) is 1. The van der Waals surface area contributed by atoms with Gasteiger partial charge in [0.05, 0.1) is 5.25 Å². The molecule has 0 saturated heterocycles. The zero-order valence-electron chi connectivity index (χ0n) is 10.2. The zero-order chi connectivity index (χ0) is 12.1. The molecule has 0 saturated carbocycles. The van der Waals surface area contributed by atoms with E-state index in [1.165, 1.54) is 0 Å². The second kappa shape index (κ2) is 5.82. The third kappa shape index (κ3) is 4.95. The fraction of sp³-hybridized carbons (Fsp3) is 1.00. The van der Waals surface area contributed by atoms with Gasteiger partial charge in [0.1, 0.15) is 0 Å². The first-order chi connectivity index (χ1) is 6.79.